The molecule has 0 saturated heterocycles. The fourth-order valence-corrected chi connectivity index (χ4v) is 3.53. The van der Waals surface area contributed by atoms with Gasteiger partial charge in [0.1, 0.15) is 0 Å². The minimum Gasteiger partial charge on any atom is -0.298 e. The zero-order chi connectivity index (χ0) is 19.2. The van der Waals surface area contributed by atoms with E-state index in [9.17, 15) is 4.79 Å². The summed E-state index contributed by atoms with van der Waals surface area (Å²) in [4.78, 5) is 16.6. The van der Waals surface area contributed by atoms with Crippen LogP contribution in [-0.4, -0.2) is 10.9 Å². The number of rotatable bonds is 6. The molecule has 1 unspecified atom stereocenters. The Balaban J connectivity index is 1.64. The zero-order valence-corrected chi connectivity index (χ0v) is 16.8. The molecule has 0 radical (unpaired) electrons. The maximum absolute atomic E-state index is 12.1. The van der Waals surface area contributed by atoms with Crippen molar-refractivity contribution in [1.82, 2.24) is 4.98 Å². The van der Waals surface area contributed by atoms with Gasteiger partial charge in [-0.25, -0.2) is 4.98 Å². The minimum atomic E-state index is -0.219. The minimum absolute atomic E-state index is 0.219. The second-order valence-electron chi connectivity index (χ2n) is 6.35. The third kappa shape index (κ3) is 5.28. The number of hydrogen-bond acceptors (Lipinski definition) is 3. The van der Waals surface area contributed by atoms with Crippen LogP contribution in [0.25, 0.3) is 17.3 Å². The van der Waals surface area contributed by atoms with E-state index < -0.39 is 0 Å². The van der Waals surface area contributed by atoms with Gasteiger partial charge in [0.25, 0.3) is 0 Å². The Labute approximate surface area is 168 Å². The molecule has 1 aromatic heterocycles. The number of hydrogen-bond donors (Lipinski definition) is 1. The number of aromatic nitrogens is 1. The van der Waals surface area contributed by atoms with Crippen LogP contribution in [0.5, 0.6) is 0 Å². The van der Waals surface area contributed by atoms with Crippen LogP contribution in [0.4, 0.5) is 5.13 Å². The molecule has 1 heterocycles. The van der Waals surface area contributed by atoms with Gasteiger partial charge in [0.2, 0.25) is 5.91 Å². The summed E-state index contributed by atoms with van der Waals surface area (Å²) in [5.74, 6) is 0.332. The van der Waals surface area contributed by atoms with Crippen LogP contribution >= 0.6 is 22.9 Å². The number of amides is 1. The summed E-state index contributed by atoms with van der Waals surface area (Å²) in [6.45, 7) is 4.41. The first kappa shape index (κ1) is 19.3. The highest BCUT2D eigenvalue weighted by Gasteiger charge is 2.08. The summed E-state index contributed by atoms with van der Waals surface area (Å²) in [5, 5.41) is 5.98. The SMILES string of the molecule is CCC(C)c1ccc(-c2csc(NC(=O)C=Cc3cccc(Cl)c3)n2)cc1. The Morgan fingerprint density at radius 2 is 2.04 bits per heavy atom. The maximum Gasteiger partial charge on any atom is 0.250 e. The number of thiazole rings is 1. The Morgan fingerprint density at radius 3 is 2.74 bits per heavy atom. The fraction of sp³-hybridized carbons (Fsp3) is 0.182. The van der Waals surface area contributed by atoms with Crippen molar-refractivity contribution in [2.75, 3.05) is 5.32 Å². The molecule has 5 heteroatoms. The molecule has 0 spiro atoms. The van der Waals surface area contributed by atoms with Crippen LogP contribution in [0.15, 0.2) is 60.0 Å². The molecule has 0 aliphatic rings. The van der Waals surface area contributed by atoms with Crippen LogP contribution in [0.3, 0.4) is 0 Å². The Bertz CT molecular complexity index is 947. The second kappa shape index (κ2) is 8.98. The number of anilines is 1. The summed E-state index contributed by atoms with van der Waals surface area (Å²) < 4.78 is 0. The van der Waals surface area contributed by atoms with E-state index in [1.54, 1.807) is 18.2 Å². The van der Waals surface area contributed by atoms with E-state index in [-0.39, 0.29) is 5.91 Å². The van der Waals surface area contributed by atoms with Gasteiger partial charge in [0.05, 0.1) is 5.69 Å². The van der Waals surface area contributed by atoms with E-state index in [0.717, 1.165) is 23.2 Å². The molecule has 0 bridgehead atoms. The highest BCUT2D eigenvalue weighted by molar-refractivity contribution is 7.14. The van der Waals surface area contributed by atoms with Crippen LogP contribution in [0.1, 0.15) is 37.3 Å². The molecular weight excluding hydrogens is 376 g/mol. The standard InChI is InChI=1S/C22H21ClN2OS/c1-3-15(2)17-8-10-18(11-9-17)20-14-27-22(24-20)25-21(26)12-7-16-5-4-6-19(23)13-16/h4-15H,3H2,1-2H3,(H,24,25,26). The van der Waals surface area contributed by atoms with Crippen LogP contribution in [0, 0.1) is 0 Å². The third-order valence-corrected chi connectivity index (χ3v) is 5.39. The molecule has 1 atom stereocenters. The van der Waals surface area contributed by atoms with E-state index in [1.165, 1.54) is 23.0 Å². The predicted octanol–water partition coefficient (Wildman–Crippen LogP) is 6.63. The molecule has 3 rings (SSSR count). The summed E-state index contributed by atoms with van der Waals surface area (Å²) in [5.41, 5.74) is 4.12. The van der Waals surface area contributed by atoms with E-state index in [2.05, 4.69) is 48.4 Å². The quantitative estimate of drug-likeness (QED) is 0.475. The fourth-order valence-electron chi connectivity index (χ4n) is 2.61. The van der Waals surface area contributed by atoms with Crippen molar-refractivity contribution < 1.29 is 4.79 Å². The van der Waals surface area contributed by atoms with Crippen molar-refractivity contribution in [2.45, 2.75) is 26.2 Å². The summed E-state index contributed by atoms with van der Waals surface area (Å²) in [6, 6.07) is 15.8. The van der Waals surface area contributed by atoms with Crippen molar-refractivity contribution in [2.24, 2.45) is 0 Å². The van der Waals surface area contributed by atoms with Gasteiger partial charge in [-0.2, -0.15) is 0 Å². The first-order valence-corrected chi connectivity index (χ1v) is 10.1. The van der Waals surface area contributed by atoms with Crippen LogP contribution in [-0.2, 0) is 4.79 Å². The Hall–Kier alpha value is -2.43. The number of carbonyl (C=O) groups excluding carboxylic acids is 1. The molecule has 27 heavy (non-hydrogen) atoms. The molecule has 0 fully saturated rings. The highest BCUT2D eigenvalue weighted by Crippen LogP contribution is 2.27. The van der Waals surface area contributed by atoms with Gasteiger partial charge in [-0.15, -0.1) is 11.3 Å². The van der Waals surface area contributed by atoms with Crippen LogP contribution < -0.4 is 5.32 Å². The van der Waals surface area contributed by atoms with Crippen molar-refractivity contribution in [3.8, 4) is 11.3 Å². The predicted molar refractivity (Wildman–Crippen MR) is 115 cm³/mol. The van der Waals surface area contributed by atoms with Gasteiger partial charge in [0, 0.05) is 22.0 Å². The lowest BCUT2D eigenvalue weighted by atomic mass is 9.97. The lowest BCUT2D eigenvalue weighted by molar-refractivity contribution is -0.111. The maximum atomic E-state index is 12.1. The number of carbonyl (C=O) groups is 1. The van der Waals surface area contributed by atoms with Gasteiger partial charge in [-0.05, 0) is 41.7 Å². The lowest BCUT2D eigenvalue weighted by Gasteiger charge is -2.08. The van der Waals surface area contributed by atoms with E-state index in [1.807, 2.05) is 17.5 Å². The molecule has 0 saturated carbocycles. The first-order valence-electron chi connectivity index (χ1n) is 8.85. The van der Waals surface area contributed by atoms with Crippen molar-refractivity contribution in [1.29, 1.82) is 0 Å². The average Bonchev–Trinajstić information content (AvgIpc) is 3.14. The topological polar surface area (TPSA) is 42.0 Å². The second-order valence-corrected chi connectivity index (χ2v) is 7.64. The van der Waals surface area contributed by atoms with Crippen molar-refractivity contribution in [3.63, 3.8) is 0 Å². The molecule has 1 amide bonds. The van der Waals surface area contributed by atoms with E-state index in [4.69, 9.17) is 11.6 Å². The van der Waals surface area contributed by atoms with Crippen molar-refractivity contribution >= 4 is 40.1 Å². The number of nitrogens with zero attached hydrogens (tertiary/aromatic N) is 1. The van der Waals surface area contributed by atoms with Gasteiger partial charge < -0.3 is 0 Å². The largest absolute Gasteiger partial charge is 0.298 e. The first-order chi connectivity index (χ1) is 13.0. The normalized spacial score (nSPS) is 12.3. The summed E-state index contributed by atoms with van der Waals surface area (Å²) >= 11 is 7.36. The molecular formula is C22H21ClN2OS. The monoisotopic (exact) mass is 396 g/mol. The zero-order valence-electron chi connectivity index (χ0n) is 15.3. The molecule has 3 aromatic rings. The lowest BCUT2D eigenvalue weighted by Crippen LogP contribution is -2.07. The number of nitrogens with one attached hydrogen (secondary N) is 1. The van der Waals surface area contributed by atoms with E-state index >= 15 is 0 Å². The van der Waals surface area contributed by atoms with Gasteiger partial charge in [-0.3, -0.25) is 10.1 Å². The van der Waals surface area contributed by atoms with Gasteiger partial charge in [0.15, 0.2) is 5.13 Å². The van der Waals surface area contributed by atoms with Gasteiger partial charge in [-0.1, -0.05) is 61.8 Å². The smallest absolute Gasteiger partial charge is 0.250 e. The summed E-state index contributed by atoms with van der Waals surface area (Å²) in [7, 11) is 0. The Morgan fingerprint density at radius 1 is 1.26 bits per heavy atom. The van der Waals surface area contributed by atoms with Crippen LogP contribution in [0.2, 0.25) is 5.02 Å². The number of halogens is 1. The Kier molecular flexibility index (Phi) is 6.43. The summed E-state index contributed by atoms with van der Waals surface area (Å²) in [6.07, 6.45) is 4.33. The molecule has 138 valence electrons. The molecule has 0 aliphatic heterocycles. The number of benzene rings is 2. The molecule has 2 aromatic carbocycles. The van der Waals surface area contributed by atoms with Crippen molar-refractivity contribution in [3.05, 3.63) is 76.1 Å². The van der Waals surface area contributed by atoms with E-state index in [0.29, 0.717) is 16.1 Å². The molecule has 3 nitrogen and oxygen atoms in total. The molecule has 0 aliphatic carbocycles. The third-order valence-electron chi connectivity index (χ3n) is 4.40. The highest BCUT2D eigenvalue weighted by atomic mass is 35.5. The molecule has 1 N–H and O–H groups in total. The van der Waals surface area contributed by atoms with Gasteiger partial charge >= 0.3 is 0 Å². The average molecular weight is 397 g/mol.